The Morgan fingerprint density at radius 2 is 1.29 bits per heavy atom. The van der Waals surface area contributed by atoms with Crippen molar-refractivity contribution in [1.29, 1.82) is 0 Å². The Bertz CT molecular complexity index is 335. The average Bonchev–Trinajstić information content (AvgIpc) is 2.59. The summed E-state index contributed by atoms with van der Waals surface area (Å²) < 4.78 is 0. The first-order chi connectivity index (χ1) is 11.8. The van der Waals surface area contributed by atoms with Gasteiger partial charge in [0.15, 0.2) is 0 Å². The molecule has 0 radical (unpaired) electrons. The monoisotopic (exact) mass is 333 g/mol. The third-order valence-corrected chi connectivity index (χ3v) is 6.72. The molecule has 24 heavy (non-hydrogen) atoms. The highest BCUT2D eigenvalue weighted by atomic mass is 14.6. The molecule has 3 unspecified atom stereocenters. The maximum atomic E-state index is 6.37. The molecule has 2 N–H and O–H groups in total. The van der Waals surface area contributed by atoms with Crippen molar-refractivity contribution < 1.29 is 0 Å². The van der Waals surface area contributed by atoms with Crippen LogP contribution < -0.4 is 5.73 Å². The fraction of sp³-hybridized carbons (Fsp3) is 0.913. The van der Waals surface area contributed by atoms with Gasteiger partial charge in [0.2, 0.25) is 0 Å². The molecule has 2 aliphatic carbocycles. The molecule has 1 nitrogen and oxygen atoms in total. The molecule has 0 heterocycles. The predicted octanol–water partition coefficient (Wildman–Crippen LogP) is 7.01. The van der Waals surface area contributed by atoms with Gasteiger partial charge in [0.25, 0.3) is 0 Å². The molecule has 2 bridgehead atoms. The number of fused-ring (bicyclic) bond motifs is 3. The summed E-state index contributed by atoms with van der Waals surface area (Å²) in [6, 6.07) is 0.398. The molecular formula is C23H43N. The van der Waals surface area contributed by atoms with E-state index in [1.54, 1.807) is 0 Å². The van der Waals surface area contributed by atoms with E-state index >= 15 is 0 Å². The van der Waals surface area contributed by atoms with Crippen LogP contribution in [0.15, 0.2) is 12.2 Å². The number of nitrogens with two attached hydrogens (primary N) is 1. The van der Waals surface area contributed by atoms with E-state index in [9.17, 15) is 0 Å². The lowest BCUT2D eigenvalue weighted by Gasteiger charge is -2.24. The zero-order chi connectivity index (χ0) is 17.0. The highest BCUT2D eigenvalue weighted by Gasteiger charge is 2.18. The minimum Gasteiger partial charge on any atom is -0.327 e. The zero-order valence-electron chi connectivity index (χ0n) is 16.4. The summed E-state index contributed by atoms with van der Waals surface area (Å²) in [5.41, 5.74) is 6.37. The van der Waals surface area contributed by atoms with Gasteiger partial charge in [-0.25, -0.2) is 0 Å². The maximum Gasteiger partial charge on any atom is 0.00760 e. The second-order valence-electron chi connectivity index (χ2n) is 8.80. The Kier molecular flexibility index (Phi) is 10.1. The molecule has 0 aromatic carbocycles. The van der Waals surface area contributed by atoms with E-state index in [0.717, 1.165) is 24.2 Å². The topological polar surface area (TPSA) is 26.0 Å². The highest BCUT2D eigenvalue weighted by Crippen LogP contribution is 2.30. The van der Waals surface area contributed by atoms with Gasteiger partial charge in [-0.2, -0.15) is 0 Å². The standard InChI is InChI=1S/C23H43N/c1-2-20-11-5-3-4-6-15-22-18-17-21(13-8-7-12-20)14-9-10-16-23(24)19-22/h9-10,20-23H,2-8,11-19,24H2,1H3/b10-9-/t20?,21?,22-,23?/m0/s1. The van der Waals surface area contributed by atoms with Crippen molar-refractivity contribution in [2.24, 2.45) is 23.5 Å². The summed E-state index contributed by atoms with van der Waals surface area (Å²) in [6.07, 6.45) is 27.3. The molecule has 0 aromatic heterocycles. The Labute approximate surface area is 151 Å². The Morgan fingerprint density at radius 3 is 2.08 bits per heavy atom. The molecule has 140 valence electrons. The SMILES string of the molecule is CCC1CCCCCC[C@H]2CCC(C/C=C\CC(N)C2)CCCC1. The Balaban J connectivity index is 1.93. The largest absolute Gasteiger partial charge is 0.327 e. The quantitative estimate of drug-likeness (QED) is 0.513. The van der Waals surface area contributed by atoms with Gasteiger partial charge in [-0.1, -0.05) is 96.1 Å². The molecule has 1 saturated carbocycles. The molecule has 4 atom stereocenters. The van der Waals surface area contributed by atoms with Crippen molar-refractivity contribution in [2.45, 2.75) is 116 Å². The van der Waals surface area contributed by atoms with Crippen LogP contribution in [0.25, 0.3) is 0 Å². The third kappa shape index (κ3) is 8.19. The molecule has 2 rings (SSSR count). The molecule has 0 amide bonds. The molecule has 0 spiro atoms. The zero-order valence-corrected chi connectivity index (χ0v) is 16.4. The maximum absolute atomic E-state index is 6.37. The first-order valence-corrected chi connectivity index (χ1v) is 11.2. The van der Waals surface area contributed by atoms with E-state index < -0.39 is 0 Å². The van der Waals surface area contributed by atoms with E-state index in [4.69, 9.17) is 5.73 Å². The normalized spacial score (nSPS) is 36.4. The van der Waals surface area contributed by atoms with Crippen molar-refractivity contribution in [3.05, 3.63) is 12.2 Å². The highest BCUT2D eigenvalue weighted by molar-refractivity contribution is 4.89. The first-order valence-electron chi connectivity index (χ1n) is 11.2. The lowest BCUT2D eigenvalue weighted by atomic mass is 9.83. The van der Waals surface area contributed by atoms with Gasteiger partial charge in [-0.15, -0.1) is 0 Å². The summed E-state index contributed by atoms with van der Waals surface area (Å²) in [4.78, 5) is 0. The molecule has 1 heteroatoms. The lowest BCUT2D eigenvalue weighted by Crippen LogP contribution is -2.24. The van der Waals surface area contributed by atoms with Gasteiger partial charge < -0.3 is 5.73 Å². The number of hydrogen-bond donors (Lipinski definition) is 1. The summed E-state index contributed by atoms with van der Waals surface area (Å²) in [6.45, 7) is 2.40. The summed E-state index contributed by atoms with van der Waals surface area (Å²) in [7, 11) is 0. The van der Waals surface area contributed by atoms with Crippen LogP contribution in [0.5, 0.6) is 0 Å². The van der Waals surface area contributed by atoms with E-state index in [1.165, 1.54) is 96.3 Å². The van der Waals surface area contributed by atoms with Crippen LogP contribution in [-0.2, 0) is 0 Å². The Hall–Kier alpha value is -0.300. The van der Waals surface area contributed by atoms with Crippen LogP contribution >= 0.6 is 0 Å². The summed E-state index contributed by atoms with van der Waals surface area (Å²) in [5, 5.41) is 0. The minimum atomic E-state index is 0.398. The molecule has 1 fully saturated rings. The van der Waals surface area contributed by atoms with Crippen LogP contribution in [0.1, 0.15) is 110 Å². The molecule has 0 aliphatic heterocycles. The number of rotatable bonds is 1. The minimum absolute atomic E-state index is 0.398. The van der Waals surface area contributed by atoms with Crippen molar-refractivity contribution in [3.8, 4) is 0 Å². The van der Waals surface area contributed by atoms with Crippen LogP contribution in [0, 0.1) is 17.8 Å². The predicted molar refractivity (Wildman–Crippen MR) is 107 cm³/mol. The molecular weight excluding hydrogens is 290 g/mol. The number of hydrogen-bond acceptors (Lipinski definition) is 1. The first kappa shape index (κ1) is 20.0. The summed E-state index contributed by atoms with van der Waals surface area (Å²) in [5.74, 6) is 2.83. The third-order valence-electron chi connectivity index (χ3n) is 6.72. The van der Waals surface area contributed by atoms with E-state index in [1.807, 2.05) is 0 Å². The van der Waals surface area contributed by atoms with Gasteiger partial charge in [-0.3, -0.25) is 0 Å². The average molecular weight is 334 g/mol. The van der Waals surface area contributed by atoms with Crippen LogP contribution in [0.4, 0.5) is 0 Å². The van der Waals surface area contributed by atoms with E-state index in [-0.39, 0.29) is 0 Å². The number of allylic oxidation sites excluding steroid dienone is 1. The van der Waals surface area contributed by atoms with Crippen molar-refractivity contribution >= 4 is 0 Å². The van der Waals surface area contributed by atoms with Crippen LogP contribution in [0.3, 0.4) is 0 Å². The fourth-order valence-electron chi connectivity index (χ4n) is 4.95. The van der Waals surface area contributed by atoms with E-state index in [2.05, 4.69) is 19.1 Å². The van der Waals surface area contributed by atoms with Gasteiger partial charge in [0.05, 0.1) is 0 Å². The van der Waals surface area contributed by atoms with Crippen LogP contribution in [0.2, 0.25) is 0 Å². The van der Waals surface area contributed by atoms with Crippen molar-refractivity contribution in [2.75, 3.05) is 0 Å². The molecule has 0 saturated heterocycles. The lowest BCUT2D eigenvalue weighted by molar-refractivity contribution is 0.314. The molecule has 0 aromatic rings. The van der Waals surface area contributed by atoms with Crippen molar-refractivity contribution in [1.82, 2.24) is 0 Å². The van der Waals surface area contributed by atoms with Gasteiger partial charge in [0.1, 0.15) is 0 Å². The fourth-order valence-corrected chi connectivity index (χ4v) is 4.95. The summed E-state index contributed by atoms with van der Waals surface area (Å²) >= 11 is 0. The van der Waals surface area contributed by atoms with E-state index in [0.29, 0.717) is 6.04 Å². The van der Waals surface area contributed by atoms with Crippen LogP contribution in [-0.4, -0.2) is 6.04 Å². The van der Waals surface area contributed by atoms with Crippen molar-refractivity contribution in [3.63, 3.8) is 0 Å². The Morgan fingerprint density at radius 1 is 0.708 bits per heavy atom. The van der Waals surface area contributed by atoms with Gasteiger partial charge in [-0.05, 0) is 43.4 Å². The van der Waals surface area contributed by atoms with Gasteiger partial charge in [0, 0.05) is 6.04 Å². The molecule has 2 aliphatic rings. The second kappa shape index (κ2) is 12.1. The van der Waals surface area contributed by atoms with Gasteiger partial charge >= 0.3 is 0 Å². The smallest absolute Gasteiger partial charge is 0.00760 e. The second-order valence-corrected chi connectivity index (χ2v) is 8.80.